The van der Waals surface area contributed by atoms with Gasteiger partial charge in [0, 0.05) is 24.7 Å². The number of likely N-dealkylation sites (tertiary alicyclic amines) is 1. The van der Waals surface area contributed by atoms with E-state index in [2.05, 4.69) is 15.1 Å². The summed E-state index contributed by atoms with van der Waals surface area (Å²) in [5.74, 6) is 0.981. The minimum Gasteiger partial charge on any atom is -0.444 e. The number of aromatic nitrogens is 3. The summed E-state index contributed by atoms with van der Waals surface area (Å²) in [5, 5.41) is 5.13. The molecule has 0 spiro atoms. The van der Waals surface area contributed by atoms with Gasteiger partial charge >= 0.3 is 6.09 Å². The van der Waals surface area contributed by atoms with Gasteiger partial charge in [-0.25, -0.2) is 4.79 Å². The number of carbonyl (C=O) groups is 1. The van der Waals surface area contributed by atoms with E-state index in [0.717, 1.165) is 29.3 Å². The summed E-state index contributed by atoms with van der Waals surface area (Å²) in [6.45, 7) is 7.13. The third kappa shape index (κ3) is 4.59. The number of benzene rings is 1. The van der Waals surface area contributed by atoms with Crippen molar-refractivity contribution in [1.82, 2.24) is 20.0 Å². The van der Waals surface area contributed by atoms with Gasteiger partial charge in [-0.1, -0.05) is 17.3 Å². The molecule has 1 fully saturated rings. The molecule has 1 N–H and O–H groups in total. The van der Waals surface area contributed by atoms with E-state index < -0.39 is 5.60 Å². The van der Waals surface area contributed by atoms with Crippen molar-refractivity contribution in [2.24, 2.45) is 0 Å². The fourth-order valence-electron chi connectivity index (χ4n) is 3.41. The standard InChI is InChI=1S/C21H26N4O4/c1-21(2,3)28-20(26)25-11-8-15(9-12-25)27-13-17-23-19(29-24-17)16-6-4-5-14-7-10-22-18(14)16/h4-7,10,15,22H,8-9,11-13H2,1-3H3. The van der Waals surface area contributed by atoms with Crippen LogP contribution in [0, 0.1) is 0 Å². The lowest BCUT2D eigenvalue weighted by molar-refractivity contribution is -0.0190. The fourth-order valence-corrected chi connectivity index (χ4v) is 3.41. The van der Waals surface area contributed by atoms with Gasteiger partial charge in [-0.2, -0.15) is 4.98 Å². The molecule has 0 saturated carbocycles. The number of fused-ring (bicyclic) bond motifs is 1. The summed E-state index contributed by atoms with van der Waals surface area (Å²) in [5.41, 5.74) is 1.36. The number of carbonyl (C=O) groups excluding carboxylic acids is 1. The SMILES string of the molecule is CC(C)(C)OC(=O)N1CCC(OCc2noc(-c3cccc4cc[nH]c34)n2)CC1. The minimum absolute atomic E-state index is 0.0578. The normalized spacial score (nSPS) is 15.8. The molecule has 0 unspecified atom stereocenters. The van der Waals surface area contributed by atoms with Gasteiger partial charge in [0.25, 0.3) is 5.89 Å². The van der Waals surface area contributed by atoms with E-state index in [4.69, 9.17) is 14.0 Å². The lowest BCUT2D eigenvalue weighted by atomic mass is 10.1. The van der Waals surface area contributed by atoms with Crippen molar-refractivity contribution in [3.05, 3.63) is 36.3 Å². The molecule has 0 bridgehead atoms. The van der Waals surface area contributed by atoms with Crippen molar-refractivity contribution in [3.8, 4) is 11.5 Å². The van der Waals surface area contributed by atoms with Crippen LogP contribution in [0.1, 0.15) is 39.4 Å². The van der Waals surface area contributed by atoms with E-state index in [-0.39, 0.29) is 18.8 Å². The zero-order chi connectivity index (χ0) is 20.4. The van der Waals surface area contributed by atoms with Crippen LogP contribution in [0.4, 0.5) is 4.79 Å². The lowest BCUT2D eigenvalue weighted by Gasteiger charge is -2.33. The highest BCUT2D eigenvalue weighted by Crippen LogP contribution is 2.26. The second-order valence-electron chi connectivity index (χ2n) is 8.24. The zero-order valence-electron chi connectivity index (χ0n) is 17.0. The highest BCUT2D eigenvalue weighted by molar-refractivity contribution is 5.91. The maximum absolute atomic E-state index is 12.1. The number of para-hydroxylation sites is 1. The number of amides is 1. The maximum atomic E-state index is 12.1. The monoisotopic (exact) mass is 398 g/mol. The topological polar surface area (TPSA) is 93.5 Å². The lowest BCUT2D eigenvalue weighted by Crippen LogP contribution is -2.43. The van der Waals surface area contributed by atoms with Crippen LogP contribution in [-0.2, 0) is 16.1 Å². The van der Waals surface area contributed by atoms with Crippen LogP contribution in [0.2, 0.25) is 0 Å². The van der Waals surface area contributed by atoms with Crippen LogP contribution >= 0.6 is 0 Å². The van der Waals surface area contributed by atoms with Crippen molar-refractivity contribution in [1.29, 1.82) is 0 Å². The predicted octanol–water partition coefficient (Wildman–Crippen LogP) is 4.13. The number of H-pyrrole nitrogens is 1. The molecular weight excluding hydrogens is 372 g/mol. The van der Waals surface area contributed by atoms with Crippen molar-refractivity contribution in [2.45, 2.75) is 51.9 Å². The zero-order valence-corrected chi connectivity index (χ0v) is 17.0. The molecule has 3 heterocycles. The summed E-state index contributed by atoms with van der Waals surface area (Å²) >= 11 is 0. The summed E-state index contributed by atoms with van der Waals surface area (Å²) < 4.78 is 16.8. The number of nitrogens with one attached hydrogen (secondary N) is 1. The molecular formula is C21H26N4O4. The first kappa shape index (κ1) is 19.4. The van der Waals surface area contributed by atoms with Crippen LogP contribution in [0.3, 0.4) is 0 Å². The quantitative estimate of drug-likeness (QED) is 0.710. The summed E-state index contributed by atoms with van der Waals surface area (Å²) in [4.78, 5) is 21.5. The number of hydrogen-bond donors (Lipinski definition) is 1. The van der Waals surface area contributed by atoms with Gasteiger partial charge in [-0.05, 0) is 45.7 Å². The Morgan fingerprint density at radius 2 is 2.07 bits per heavy atom. The van der Waals surface area contributed by atoms with Gasteiger partial charge in [-0.3, -0.25) is 0 Å². The third-order valence-electron chi connectivity index (χ3n) is 4.83. The molecule has 1 aromatic carbocycles. The number of nitrogens with zero attached hydrogens (tertiary/aromatic N) is 3. The Labute approximate surface area is 169 Å². The molecule has 1 aliphatic heterocycles. The van der Waals surface area contributed by atoms with Crippen molar-refractivity contribution >= 4 is 17.0 Å². The molecule has 4 rings (SSSR count). The molecule has 1 saturated heterocycles. The molecule has 1 aliphatic rings. The van der Waals surface area contributed by atoms with Gasteiger partial charge in [-0.15, -0.1) is 0 Å². The van der Waals surface area contributed by atoms with Crippen molar-refractivity contribution < 1.29 is 18.8 Å². The Morgan fingerprint density at radius 3 is 2.83 bits per heavy atom. The average molecular weight is 398 g/mol. The second kappa shape index (κ2) is 7.87. The van der Waals surface area contributed by atoms with Gasteiger partial charge in [0.05, 0.1) is 17.2 Å². The fraction of sp³-hybridized carbons (Fsp3) is 0.476. The Bertz CT molecular complexity index is 980. The van der Waals surface area contributed by atoms with E-state index in [9.17, 15) is 4.79 Å². The Morgan fingerprint density at radius 1 is 1.28 bits per heavy atom. The Hall–Kier alpha value is -2.87. The third-order valence-corrected chi connectivity index (χ3v) is 4.83. The van der Waals surface area contributed by atoms with E-state index in [1.54, 1.807) is 4.90 Å². The molecule has 0 atom stereocenters. The van der Waals surface area contributed by atoms with Gasteiger partial charge in [0.2, 0.25) is 0 Å². The van der Waals surface area contributed by atoms with Crippen LogP contribution in [0.15, 0.2) is 35.0 Å². The van der Waals surface area contributed by atoms with Crippen molar-refractivity contribution in [3.63, 3.8) is 0 Å². The number of rotatable bonds is 4. The number of piperidine rings is 1. The van der Waals surface area contributed by atoms with Crippen LogP contribution in [0.5, 0.6) is 0 Å². The second-order valence-corrected chi connectivity index (χ2v) is 8.24. The molecule has 0 aliphatic carbocycles. The molecule has 3 aromatic rings. The summed E-state index contributed by atoms with van der Waals surface area (Å²) in [6, 6.07) is 7.94. The Balaban J connectivity index is 1.30. The van der Waals surface area contributed by atoms with Crippen LogP contribution in [0.25, 0.3) is 22.4 Å². The van der Waals surface area contributed by atoms with E-state index in [1.165, 1.54) is 0 Å². The Kier molecular flexibility index (Phi) is 5.27. The highest BCUT2D eigenvalue weighted by Gasteiger charge is 2.27. The average Bonchev–Trinajstić information content (AvgIpc) is 3.34. The molecule has 2 aromatic heterocycles. The first-order chi connectivity index (χ1) is 13.9. The smallest absolute Gasteiger partial charge is 0.410 e. The minimum atomic E-state index is -0.481. The predicted molar refractivity (Wildman–Crippen MR) is 107 cm³/mol. The van der Waals surface area contributed by atoms with Gasteiger partial charge in [0.15, 0.2) is 5.82 Å². The maximum Gasteiger partial charge on any atom is 0.410 e. The van der Waals surface area contributed by atoms with E-state index in [0.29, 0.717) is 24.8 Å². The van der Waals surface area contributed by atoms with Gasteiger partial charge < -0.3 is 23.9 Å². The molecule has 1 amide bonds. The van der Waals surface area contributed by atoms with Crippen LogP contribution in [-0.4, -0.2) is 50.9 Å². The largest absolute Gasteiger partial charge is 0.444 e. The number of hydrogen-bond acceptors (Lipinski definition) is 6. The molecule has 8 heteroatoms. The number of aromatic amines is 1. The summed E-state index contributed by atoms with van der Waals surface area (Å²) in [7, 11) is 0. The molecule has 29 heavy (non-hydrogen) atoms. The summed E-state index contributed by atoms with van der Waals surface area (Å²) in [6.07, 6.45) is 3.19. The van der Waals surface area contributed by atoms with E-state index in [1.807, 2.05) is 51.2 Å². The first-order valence-electron chi connectivity index (χ1n) is 9.88. The highest BCUT2D eigenvalue weighted by atomic mass is 16.6. The van der Waals surface area contributed by atoms with Crippen molar-refractivity contribution in [2.75, 3.05) is 13.1 Å². The molecule has 154 valence electrons. The molecule has 8 nitrogen and oxygen atoms in total. The van der Waals surface area contributed by atoms with Gasteiger partial charge in [0.1, 0.15) is 12.2 Å². The first-order valence-corrected chi connectivity index (χ1v) is 9.88. The van der Waals surface area contributed by atoms with Crippen LogP contribution < -0.4 is 0 Å². The molecule has 0 radical (unpaired) electrons. The number of ether oxygens (including phenoxy) is 2. The van der Waals surface area contributed by atoms with E-state index >= 15 is 0 Å².